The fourth-order valence-corrected chi connectivity index (χ4v) is 3.64. The third kappa shape index (κ3) is 4.19. The van der Waals surface area contributed by atoms with Gasteiger partial charge in [0, 0.05) is 37.8 Å². The quantitative estimate of drug-likeness (QED) is 0.810. The number of hydrogen-bond donors (Lipinski definition) is 1. The van der Waals surface area contributed by atoms with Crippen LogP contribution in [-0.4, -0.2) is 48.8 Å². The highest BCUT2D eigenvalue weighted by Gasteiger charge is 2.36. The molecule has 0 spiro atoms. The SMILES string of the molecule is CCC1(C)CNC(CC(C)C)CN1CCC1CCCO1. The molecule has 0 aromatic carbocycles. The Morgan fingerprint density at radius 2 is 2.20 bits per heavy atom. The van der Waals surface area contributed by atoms with E-state index in [1.54, 1.807) is 0 Å². The molecular weight excluding hydrogens is 248 g/mol. The van der Waals surface area contributed by atoms with E-state index in [0.29, 0.717) is 17.7 Å². The minimum absolute atomic E-state index is 0.325. The van der Waals surface area contributed by atoms with Gasteiger partial charge in [-0.3, -0.25) is 4.90 Å². The molecule has 0 aliphatic carbocycles. The van der Waals surface area contributed by atoms with E-state index in [4.69, 9.17) is 4.74 Å². The maximum atomic E-state index is 5.79. The number of nitrogens with zero attached hydrogens (tertiary/aromatic N) is 1. The molecule has 0 aromatic heterocycles. The van der Waals surface area contributed by atoms with E-state index in [1.807, 2.05) is 0 Å². The van der Waals surface area contributed by atoms with Crippen molar-refractivity contribution in [3.63, 3.8) is 0 Å². The summed E-state index contributed by atoms with van der Waals surface area (Å²) >= 11 is 0. The highest BCUT2D eigenvalue weighted by Crippen LogP contribution is 2.26. The number of piperazine rings is 1. The Kier molecular flexibility index (Phi) is 5.88. The molecule has 3 atom stereocenters. The lowest BCUT2D eigenvalue weighted by Gasteiger charge is -2.48. The molecule has 0 saturated carbocycles. The van der Waals surface area contributed by atoms with Crippen molar-refractivity contribution in [1.82, 2.24) is 10.2 Å². The summed E-state index contributed by atoms with van der Waals surface area (Å²) in [5, 5.41) is 3.78. The van der Waals surface area contributed by atoms with Crippen molar-refractivity contribution in [2.75, 3.05) is 26.2 Å². The molecule has 2 fully saturated rings. The van der Waals surface area contributed by atoms with Gasteiger partial charge in [0.15, 0.2) is 0 Å². The Morgan fingerprint density at radius 1 is 1.40 bits per heavy atom. The predicted molar refractivity (Wildman–Crippen MR) is 85.1 cm³/mol. The molecule has 0 amide bonds. The smallest absolute Gasteiger partial charge is 0.0588 e. The van der Waals surface area contributed by atoms with E-state index in [-0.39, 0.29) is 0 Å². The van der Waals surface area contributed by atoms with Gasteiger partial charge < -0.3 is 10.1 Å². The number of ether oxygens (including phenoxy) is 1. The first-order valence-corrected chi connectivity index (χ1v) is 8.63. The van der Waals surface area contributed by atoms with Crippen molar-refractivity contribution in [2.24, 2.45) is 5.92 Å². The molecule has 2 aliphatic heterocycles. The molecule has 2 rings (SSSR count). The Bertz CT molecular complexity index is 289. The van der Waals surface area contributed by atoms with Crippen molar-refractivity contribution in [1.29, 1.82) is 0 Å². The van der Waals surface area contributed by atoms with Crippen LogP contribution in [0.1, 0.15) is 59.8 Å². The Balaban J connectivity index is 1.88. The van der Waals surface area contributed by atoms with Gasteiger partial charge in [0.2, 0.25) is 0 Å². The summed E-state index contributed by atoms with van der Waals surface area (Å²) in [5.74, 6) is 0.776. The molecular formula is C17H34N2O. The van der Waals surface area contributed by atoms with Crippen LogP contribution in [0.2, 0.25) is 0 Å². The molecule has 2 heterocycles. The van der Waals surface area contributed by atoms with Crippen LogP contribution in [0.15, 0.2) is 0 Å². The zero-order valence-electron chi connectivity index (χ0n) is 14.0. The van der Waals surface area contributed by atoms with Crippen LogP contribution in [0.5, 0.6) is 0 Å². The molecule has 0 aromatic rings. The summed E-state index contributed by atoms with van der Waals surface area (Å²) in [4.78, 5) is 2.73. The lowest BCUT2D eigenvalue weighted by molar-refractivity contribution is 0.0241. The van der Waals surface area contributed by atoms with E-state index in [0.717, 1.165) is 19.1 Å². The van der Waals surface area contributed by atoms with Crippen LogP contribution >= 0.6 is 0 Å². The third-order valence-electron chi connectivity index (χ3n) is 5.24. The van der Waals surface area contributed by atoms with Crippen molar-refractivity contribution in [2.45, 2.75) is 77.5 Å². The molecule has 20 heavy (non-hydrogen) atoms. The monoisotopic (exact) mass is 282 g/mol. The number of nitrogens with one attached hydrogen (secondary N) is 1. The molecule has 2 aliphatic rings. The summed E-state index contributed by atoms with van der Waals surface area (Å²) in [5.41, 5.74) is 0.325. The standard InChI is InChI=1S/C17H34N2O/c1-5-17(4)13-18-15(11-14(2)3)12-19(17)9-8-16-7-6-10-20-16/h14-16,18H,5-13H2,1-4H3. The zero-order valence-corrected chi connectivity index (χ0v) is 14.0. The van der Waals surface area contributed by atoms with Crippen LogP contribution < -0.4 is 5.32 Å². The van der Waals surface area contributed by atoms with Gasteiger partial charge in [-0.15, -0.1) is 0 Å². The van der Waals surface area contributed by atoms with E-state index in [1.165, 1.54) is 45.2 Å². The topological polar surface area (TPSA) is 24.5 Å². The van der Waals surface area contributed by atoms with Crippen LogP contribution in [0.25, 0.3) is 0 Å². The van der Waals surface area contributed by atoms with Gasteiger partial charge in [-0.25, -0.2) is 0 Å². The molecule has 3 unspecified atom stereocenters. The van der Waals surface area contributed by atoms with Crippen LogP contribution in [0.4, 0.5) is 0 Å². The lowest BCUT2D eigenvalue weighted by Crippen LogP contribution is -2.63. The van der Waals surface area contributed by atoms with E-state index in [2.05, 4.69) is 37.9 Å². The minimum atomic E-state index is 0.325. The molecule has 118 valence electrons. The van der Waals surface area contributed by atoms with Crippen molar-refractivity contribution >= 4 is 0 Å². The highest BCUT2D eigenvalue weighted by molar-refractivity contribution is 4.95. The second-order valence-electron chi connectivity index (χ2n) is 7.43. The van der Waals surface area contributed by atoms with Gasteiger partial charge in [0.05, 0.1) is 6.10 Å². The van der Waals surface area contributed by atoms with Crippen LogP contribution in [0.3, 0.4) is 0 Å². The van der Waals surface area contributed by atoms with Crippen molar-refractivity contribution < 1.29 is 4.74 Å². The van der Waals surface area contributed by atoms with Gasteiger partial charge in [-0.2, -0.15) is 0 Å². The maximum absolute atomic E-state index is 5.79. The first kappa shape index (κ1) is 16.3. The Labute approximate surface area is 125 Å². The van der Waals surface area contributed by atoms with E-state index >= 15 is 0 Å². The Hall–Kier alpha value is -0.120. The first-order chi connectivity index (χ1) is 9.53. The first-order valence-electron chi connectivity index (χ1n) is 8.63. The summed E-state index contributed by atoms with van der Waals surface area (Å²) in [7, 11) is 0. The van der Waals surface area contributed by atoms with Gasteiger partial charge in [-0.05, 0) is 44.9 Å². The largest absolute Gasteiger partial charge is 0.378 e. The normalized spacial score (nSPS) is 35.9. The summed E-state index contributed by atoms with van der Waals surface area (Å²) in [6.45, 7) is 13.9. The molecule has 2 saturated heterocycles. The third-order valence-corrected chi connectivity index (χ3v) is 5.24. The molecule has 1 N–H and O–H groups in total. The van der Waals surface area contributed by atoms with Crippen molar-refractivity contribution in [3.05, 3.63) is 0 Å². The van der Waals surface area contributed by atoms with Gasteiger partial charge in [0.25, 0.3) is 0 Å². The fourth-order valence-electron chi connectivity index (χ4n) is 3.64. The summed E-state index contributed by atoms with van der Waals surface area (Å²) in [6.07, 6.45) is 6.77. The van der Waals surface area contributed by atoms with Crippen LogP contribution in [-0.2, 0) is 4.74 Å². The molecule has 3 heteroatoms. The fraction of sp³-hybridized carbons (Fsp3) is 1.00. The molecule has 3 nitrogen and oxygen atoms in total. The summed E-state index contributed by atoms with van der Waals surface area (Å²) in [6, 6.07) is 0.666. The Morgan fingerprint density at radius 3 is 2.80 bits per heavy atom. The average molecular weight is 282 g/mol. The van der Waals surface area contributed by atoms with E-state index in [9.17, 15) is 0 Å². The predicted octanol–water partition coefficient (Wildman–Crippen LogP) is 3.04. The van der Waals surface area contributed by atoms with E-state index < -0.39 is 0 Å². The van der Waals surface area contributed by atoms with Crippen molar-refractivity contribution in [3.8, 4) is 0 Å². The zero-order chi connectivity index (χ0) is 14.6. The molecule has 0 radical (unpaired) electrons. The number of rotatable bonds is 6. The average Bonchev–Trinajstić information content (AvgIpc) is 2.92. The highest BCUT2D eigenvalue weighted by atomic mass is 16.5. The minimum Gasteiger partial charge on any atom is -0.378 e. The maximum Gasteiger partial charge on any atom is 0.0588 e. The molecule has 0 bridgehead atoms. The number of hydrogen-bond acceptors (Lipinski definition) is 3. The van der Waals surface area contributed by atoms with Gasteiger partial charge >= 0.3 is 0 Å². The van der Waals surface area contributed by atoms with Gasteiger partial charge in [-0.1, -0.05) is 20.8 Å². The second kappa shape index (κ2) is 7.24. The van der Waals surface area contributed by atoms with Crippen LogP contribution in [0, 0.1) is 5.92 Å². The van der Waals surface area contributed by atoms with Gasteiger partial charge in [0.1, 0.15) is 0 Å². The second-order valence-corrected chi connectivity index (χ2v) is 7.43. The lowest BCUT2D eigenvalue weighted by atomic mass is 9.89. The summed E-state index contributed by atoms with van der Waals surface area (Å²) < 4.78 is 5.79.